The van der Waals surface area contributed by atoms with E-state index in [9.17, 15) is 0 Å². The number of hydrogen-bond acceptors (Lipinski definition) is 1. The molecule has 0 unspecified atom stereocenters. The van der Waals surface area contributed by atoms with Crippen molar-refractivity contribution < 1.29 is 5.11 Å². The second kappa shape index (κ2) is 11.7. The standard InChI is InChI=1S/C6H14.C3H8O/c1-4-5-6(2)3;1-2-3-4/h6H,4-5H2,1-3H3;4H,2-3H2,1H3. The Morgan fingerprint density at radius 2 is 1.50 bits per heavy atom. The Bertz CT molecular complexity index is 40.0. The third-order valence-electron chi connectivity index (χ3n) is 1.09. The smallest absolute Gasteiger partial charge is 0.0428 e. The highest BCUT2D eigenvalue weighted by Crippen LogP contribution is 2.00. The van der Waals surface area contributed by atoms with E-state index in [4.69, 9.17) is 5.11 Å². The lowest BCUT2D eigenvalue weighted by molar-refractivity contribution is 0.295. The Morgan fingerprint density at radius 3 is 1.50 bits per heavy atom. The quantitative estimate of drug-likeness (QED) is 0.649. The molecule has 0 fully saturated rings. The molecule has 1 heteroatoms. The molecular weight excluding hydrogens is 124 g/mol. The minimum Gasteiger partial charge on any atom is -0.396 e. The maximum atomic E-state index is 7.88. The van der Waals surface area contributed by atoms with Crippen LogP contribution < -0.4 is 0 Å². The summed E-state index contributed by atoms with van der Waals surface area (Å²) in [4.78, 5) is 0. The van der Waals surface area contributed by atoms with Crippen LogP contribution in [0.1, 0.15) is 47.0 Å². The molecule has 0 aliphatic carbocycles. The summed E-state index contributed by atoms with van der Waals surface area (Å²) in [6.45, 7) is 8.98. The highest BCUT2D eigenvalue weighted by molar-refractivity contribution is 4.38. The molecule has 0 aromatic heterocycles. The lowest BCUT2D eigenvalue weighted by Crippen LogP contribution is -1.81. The molecule has 0 saturated heterocycles. The zero-order valence-electron chi connectivity index (χ0n) is 7.85. The molecule has 0 rings (SSSR count). The fourth-order valence-electron chi connectivity index (χ4n) is 0.577. The predicted molar refractivity (Wildman–Crippen MR) is 47.1 cm³/mol. The molecule has 0 saturated carbocycles. The van der Waals surface area contributed by atoms with Gasteiger partial charge in [0.05, 0.1) is 0 Å². The molecule has 0 bridgehead atoms. The first-order valence-electron chi connectivity index (χ1n) is 4.29. The highest BCUT2D eigenvalue weighted by atomic mass is 16.2. The normalized spacial score (nSPS) is 9.00. The van der Waals surface area contributed by atoms with Crippen LogP contribution in [0, 0.1) is 5.92 Å². The van der Waals surface area contributed by atoms with Crippen LogP contribution in [0.25, 0.3) is 0 Å². The molecule has 10 heavy (non-hydrogen) atoms. The van der Waals surface area contributed by atoms with Crippen molar-refractivity contribution in [3.8, 4) is 0 Å². The Morgan fingerprint density at radius 1 is 1.10 bits per heavy atom. The summed E-state index contributed by atoms with van der Waals surface area (Å²) in [6.07, 6.45) is 3.58. The van der Waals surface area contributed by atoms with E-state index in [1.54, 1.807) is 0 Å². The van der Waals surface area contributed by atoms with E-state index in [-0.39, 0.29) is 0 Å². The van der Waals surface area contributed by atoms with Gasteiger partial charge in [0, 0.05) is 6.61 Å². The van der Waals surface area contributed by atoms with Gasteiger partial charge >= 0.3 is 0 Å². The Kier molecular flexibility index (Phi) is 14.8. The topological polar surface area (TPSA) is 20.2 Å². The number of aliphatic hydroxyl groups excluding tert-OH is 1. The van der Waals surface area contributed by atoms with Gasteiger partial charge in [-0.1, -0.05) is 40.5 Å². The van der Waals surface area contributed by atoms with Crippen LogP contribution in [0.4, 0.5) is 0 Å². The fourth-order valence-corrected chi connectivity index (χ4v) is 0.577. The summed E-state index contributed by atoms with van der Waals surface area (Å²) in [7, 11) is 0. The van der Waals surface area contributed by atoms with E-state index in [2.05, 4.69) is 20.8 Å². The second-order valence-corrected chi connectivity index (χ2v) is 2.91. The predicted octanol–water partition coefficient (Wildman–Crippen LogP) is 2.83. The highest BCUT2D eigenvalue weighted by Gasteiger charge is 1.85. The van der Waals surface area contributed by atoms with E-state index in [1.807, 2.05) is 6.92 Å². The molecule has 1 N–H and O–H groups in total. The first-order valence-corrected chi connectivity index (χ1v) is 4.29. The largest absolute Gasteiger partial charge is 0.396 e. The summed E-state index contributed by atoms with van der Waals surface area (Å²) in [5.74, 6) is 0.898. The number of hydrogen-bond donors (Lipinski definition) is 1. The van der Waals surface area contributed by atoms with Gasteiger partial charge in [-0.05, 0) is 12.3 Å². The zero-order valence-corrected chi connectivity index (χ0v) is 7.85. The molecule has 0 aliphatic rings. The van der Waals surface area contributed by atoms with Gasteiger partial charge in [-0.25, -0.2) is 0 Å². The van der Waals surface area contributed by atoms with Crippen molar-refractivity contribution >= 4 is 0 Å². The van der Waals surface area contributed by atoms with Crippen LogP contribution >= 0.6 is 0 Å². The number of rotatable bonds is 3. The molecule has 0 aliphatic heterocycles. The van der Waals surface area contributed by atoms with Crippen LogP contribution in [0.15, 0.2) is 0 Å². The molecule has 0 amide bonds. The summed E-state index contributed by atoms with van der Waals surface area (Å²) in [5.41, 5.74) is 0. The van der Waals surface area contributed by atoms with Gasteiger partial charge in [0.2, 0.25) is 0 Å². The SMILES string of the molecule is CCCC(C)C.CCCO. The van der Waals surface area contributed by atoms with Gasteiger partial charge in [0.25, 0.3) is 0 Å². The van der Waals surface area contributed by atoms with Crippen molar-refractivity contribution in [2.75, 3.05) is 6.61 Å². The summed E-state index contributed by atoms with van der Waals surface area (Å²) in [6, 6.07) is 0. The molecular formula is C9H22O. The first-order chi connectivity index (χ1) is 4.68. The van der Waals surface area contributed by atoms with Crippen molar-refractivity contribution in [1.29, 1.82) is 0 Å². The minimum absolute atomic E-state index is 0.319. The van der Waals surface area contributed by atoms with E-state index >= 15 is 0 Å². The third kappa shape index (κ3) is 24.6. The molecule has 0 heterocycles. The van der Waals surface area contributed by atoms with Crippen LogP contribution in [0.3, 0.4) is 0 Å². The zero-order chi connectivity index (χ0) is 8.41. The van der Waals surface area contributed by atoms with Gasteiger partial charge in [-0.2, -0.15) is 0 Å². The lowest BCUT2D eigenvalue weighted by Gasteiger charge is -1.95. The monoisotopic (exact) mass is 146 g/mol. The first kappa shape index (κ1) is 12.6. The Labute approximate surface area is 65.5 Å². The average molecular weight is 146 g/mol. The van der Waals surface area contributed by atoms with Crippen molar-refractivity contribution in [3.63, 3.8) is 0 Å². The van der Waals surface area contributed by atoms with Gasteiger partial charge in [0.1, 0.15) is 0 Å². The average Bonchev–Trinajstić information content (AvgIpc) is 1.89. The van der Waals surface area contributed by atoms with Crippen LogP contribution in [-0.2, 0) is 0 Å². The van der Waals surface area contributed by atoms with E-state index < -0.39 is 0 Å². The summed E-state index contributed by atoms with van der Waals surface area (Å²) < 4.78 is 0. The molecule has 64 valence electrons. The van der Waals surface area contributed by atoms with Crippen molar-refractivity contribution in [2.24, 2.45) is 5.92 Å². The van der Waals surface area contributed by atoms with Gasteiger partial charge in [0.15, 0.2) is 0 Å². The maximum Gasteiger partial charge on any atom is 0.0428 e. The second-order valence-electron chi connectivity index (χ2n) is 2.91. The van der Waals surface area contributed by atoms with Crippen molar-refractivity contribution in [1.82, 2.24) is 0 Å². The molecule has 1 nitrogen and oxygen atoms in total. The molecule has 0 aromatic carbocycles. The van der Waals surface area contributed by atoms with E-state index in [1.165, 1.54) is 12.8 Å². The molecule has 0 spiro atoms. The van der Waals surface area contributed by atoms with Crippen molar-refractivity contribution in [2.45, 2.75) is 47.0 Å². The Balaban J connectivity index is 0. The van der Waals surface area contributed by atoms with Gasteiger partial charge in [-0.3, -0.25) is 0 Å². The van der Waals surface area contributed by atoms with Crippen molar-refractivity contribution in [3.05, 3.63) is 0 Å². The van der Waals surface area contributed by atoms with Crippen LogP contribution in [-0.4, -0.2) is 11.7 Å². The fraction of sp³-hybridized carbons (Fsp3) is 1.00. The number of aliphatic hydroxyl groups is 1. The lowest BCUT2D eigenvalue weighted by atomic mass is 10.1. The van der Waals surface area contributed by atoms with E-state index in [0.29, 0.717) is 6.61 Å². The van der Waals surface area contributed by atoms with Crippen LogP contribution in [0.2, 0.25) is 0 Å². The minimum atomic E-state index is 0.319. The third-order valence-corrected chi connectivity index (χ3v) is 1.09. The van der Waals surface area contributed by atoms with Crippen LogP contribution in [0.5, 0.6) is 0 Å². The molecule has 0 radical (unpaired) electrons. The summed E-state index contributed by atoms with van der Waals surface area (Å²) >= 11 is 0. The van der Waals surface area contributed by atoms with Gasteiger partial charge in [-0.15, -0.1) is 0 Å². The molecule has 0 atom stereocenters. The maximum absolute atomic E-state index is 7.88. The van der Waals surface area contributed by atoms with E-state index in [0.717, 1.165) is 12.3 Å². The van der Waals surface area contributed by atoms with Gasteiger partial charge < -0.3 is 5.11 Å². The Hall–Kier alpha value is -0.0400. The molecule has 0 aromatic rings. The summed E-state index contributed by atoms with van der Waals surface area (Å²) in [5, 5.41) is 7.88.